The number of nitrogens with zero attached hydrogens (tertiary/aromatic N) is 2. The molecule has 0 amide bonds. The topological polar surface area (TPSA) is 78.3 Å². The van der Waals surface area contributed by atoms with Crippen LogP contribution in [0, 0.1) is 0 Å². The number of ketones is 1. The van der Waals surface area contributed by atoms with Gasteiger partial charge in [-0.3, -0.25) is 9.59 Å². The van der Waals surface area contributed by atoms with E-state index in [1.807, 2.05) is 32.0 Å². The van der Waals surface area contributed by atoms with Crippen LogP contribution in [0.4, 0.5) is 0 Å². The molecule has 0 aliphatic rings. The molecule has 0 N–H and O–H groups in total. The quantitative estimate of drug-likeness (QED) is 0.454. The first kappa shape index (κ1) is 20.5. The van der Waals surface area contributed by atoms with Crippen LogP contribution in [0.5, 0.6) is 0 Å². The highest BCUT2D eigenvalue weighted by molar-refractivity contribution is 6.04. The smallest absolute Gasteiger partial charge is 0.359 e. The SMILES string of the molecule is CCc1ccc(CC)c(C(=O)COC(=O)c2nn(CC)c(=O)c3ccccc23)c1. The number of hydrogen-bond acceptors (Lipinski definition) is 5. The maximum atomic E-state index is 12.7. The standard InChI is InChI=1S/C23H24N2O4/c1-4-15-11-12-16(5-2)19(13-15)20(26)14-29-23(28)21-17-9-7-8-10-18(17)22(27)25(6-3)24-21/h7-13H,4-6,14H2,1-3H3. The van der Waals surface area contributed by atoms with Crippen molar-refractivity contribution in [3.63, 3.8) is 0 Å². The third kappa shape index (κ3) is 4.11. The summed E-state index contributed by atoms with van der Waals surface area (Å²) in [5, 5.41) is 4.96. The van der Waals surface area contributed by atoms with Gasteiger partial charge in [0, 0.05) is 17.5 Å². The van der Waals surface area contributed by atoms with E-state index in [1.54, 1.807) is 31.2 Å². The first-order valence-corrected chi connectivity index (χ1v) is 9.82. The molecule has 6 nitrogen and oxygen atoms in total. The molecule has 0 spiro atoms. The molecule has 3 aromatic rings. The molecule has 1 heterocycles. The van der Waals surface area contributed by atoms with Gasteiger partial charge in [0.1, 0.15) is 0 Å². The first-order valence-electron chi connectivity index (χ1n) is 9.82. The molecule has 0 unspecified atom stereocenters. The zero-order chi connectivity index (χ0) is 21.0. The Morgan fingerprint density at radius 3 is 2.38 bits per heavy atom. The zero-order valence-corrected chi connectivity index (χ0v) is 16.9. The van der Waals surface area contributed by atoms with E-state index < -0.39 is 5.97 Å². The second kappa shape index (κ2) is 8.82. The summed E-state index contributed by atoms with van der Waals surface area (Å²) in [6.45, 7) is 5.73. The minimum absolute atomic E-state index is 0.0351. The van der Waals surface area contributed by atoms with Crippen LogP contribution in [0.3, 0.4) is 0 Å². The summed E-state index contributed by atoms with van der Waals surface area (Å²) in [6.07, 6.45) is 1.53. The van der Waals surface area contributed by atoms with E-state index in [0.717, 1.165) is 17.5 Å². The molecule has 29 heavy (non-hydrogen) atoms. The van der Waals surface area contributed by atoms with Gasteiger partial charge in [-0.15, -0.1) is 0 Å². The number of carbonyl (C=O) groups is 2. The molecule has 0 aliphatic heterocycles. The van der Waals surface area contributed by atoms with Crippen LogP contribution >= 0.6 is 0 Å². The molecule has 1 aromatic heterocycles. The summed E-state index contributed by atoms with van der Waals surface area (Å²) in [7, 11) is 0. The number of aryl methyl sites for hydroxylation is 3. The van der Waals surface area contributed by atoms with Gasteiger partial charge in [0.15, 0.2) is 12.3 Å². The summed E-state index contributed by atoms with van der Waals surface area (Å²) in [5.74, 6) is -0.972. The van der Waals surface area contributed by atoms with Crippen molar-refractivity contribution in [2.75, 3.05) is 6.61 Å². The van der Waals surface area contributed by atoms with Crippen LogP contribution in [0.2, 0.25) is 0 Å². The molecule has 0 saturated heterocycles. The lowest BCUT2D eigenvalue weighted by molar-refractivity contribution is 0.0468. The maximum Gasteiger partial charge on any atom is 0.359 e. The molecule has 0 bridgehead atoms. The lowest BCUT2D eigenvalue weighted by atomic mass is 9.98. The minimum Gasteiger partial charge on any atom is -0.452 e. The lowest BCUT2D eigenvalue weighted by Gasteiger charge is -2.11. The van der Waals surface area contributed by atoms with Crippen molar-refractivity contribution in [1.82, 2.24) is 9.78 Å². The maximum absolute atomic E-state index is 12.7. The molecule has 150 valence electrons. The molecule has 0 radical (unpaired) electrons. The lowest BCUT2D eigenvalue weighted by Crippen LogP contribution is -2.26. The number of rotatable bonds is 7. The highest BCUT2D eigenvalue weighted by Gasteiger charge is 2.20. The van der Waals surface area contributed by atoms with Crippen LogP contribution in [0.15, 0.2) is 47.3 Å². The summed E-state index contributed by atoms with van der Waals surface area (Å²) in [6, 6.07) is 12.6. The fraction of sp³-hybridized carbons (Fsp3) is 0.304. The van der Waals surface area contributed by atoms with Gasteiger partial charge in [-0.05, 0) is 43.0 Å². The van der Waals surface area contributed by atoms with Crippen LogP contribution in [-0.2, 0) is 24.1 Å². The number of Topliss-reactive ketones (excluding diaryl/α,β-unsaturated/α-hetero) is 1. The van der Waals surface area contributed by atoms with Crippen molar-refractivity contribution < 1.29 is 14.3 Å². The van der Waals surface area contributed by atoms with Crippen molar-refractivity contribution in [3.8, 4) is 0 Å². The Balaban J connectivity index is 1.88. The number of esters is 1. The van der Waals surface area contributed by atoms with E-state index in [1.165, 1.54) is 4.68 Å². The summed E-state index contributed by atoms with van der Waals surface area (Å²) in [5.41, 5.74) is 2.33. The molecule has 0 fully saturated rings. The summed E-state index contributed by atoms with van der Waals surface area (Å²) in [4.78, 5) is 37.8. The van der Waals surface area contributed by atoms with E-state index in [-0.39, 0.29) is 23.6 Å². The van der Waals surface area contributed by atoms with E-state index in [2.05, 4.69) is 5.10 Å². The molecule has 2 aromatic carbocycles. The van der Waals surface area contributed by atoms with Crippen LogP contribution in [-0.4, -0.2) is 28.1 Å². The fourth-order valence-corrected chi connectivity index (χ4v) is 3.29. The van der Waals surface area contributed by atoms with Crippen molar-refractivity contribution in [2.24, 2.45) is 0 Å². The molecular formula is C23H24N2O4. The Labute approximate surface area is 169 Å². The Morgan fingerprint density at radius 2 is 1.72 bits per heavy atom. The van der Waals surface area contributed by atoms with Gasteiger partial charge in [-0.2, -0.15) is 5.10 Å². The van der Waals surface area contributed by atoms with Crippen molar-refractivity contribution in [2.45, 2.75) is 40.2 Å². The number of carbonyl (C=O) groups excluding carboxylic acids is 2. The van der Waals surface area contributed by atoms with E-state index in [9.17, 15) is 14.4 Å². The molecule has 3 rings (SSSR count). The highest BCUT2D eigenvalue weighted by atomic mass is 16.5. The molecular weight excluding hydrogens is 368 g/mol. The third-order valence-electron chi connectivity index (χ3n) is 4.96. The third-order valence-corrected chi connectivity index (χ3v) is 4.96. The van der Waals surface area contributed by atoms with Crippen molar-refractivity contribution in [1.29, 1.82) is 0 Å². The first-order chi connectivity index (χ1) is 14.0. The highest BCUT2D eigenvalue weighted by Crippen LogP contribution is 2.17. The fourth-order valence-electron chi connectivity index (χ4n) is 3.29. The molecule has 0 saturated carbocycles. The van der Waals surface area contributed by atoms with Crippen LogP contribution in [0.1, 0.15) is 52.7 Å². The van der Waals surface area contributed by atoms with Gasteiger partial charge in [-0.1, -0.05) is 44.2 Å². The second-order valence-corrected chi connectivity index (χ2v) is 6.71. The summed E-state index contributed by atoms with van der Waals surface area (Å²) >= 11 is 0. The average Bonchev–Trinajstić information content (AvgIpc) is 2.77. The van der Waals surface area contributed by atoms with E-state index >= 15 is 0 Å². The van der Waals surface area contributed by atoms with E-state index in [0.29, 0.717) is 29.3 Å². The van der Waals surface area contributed by atoms with Crippen LogP contribution < -0.4 is 5.56 Å². The van der Waals surface area contributed by atoms with Gasteiger partial charge in [-0.25, -0.2) is 9.48 Å². The Morgan fingerprint density at radius 1 is 1.00 bits per heavy atom. The average molecular weight is 392 g/mol. The monoisotopic (exact) mass is 392 g/mol. The molecule has 0 aliphatic carbocycles. The zero-order valence-electron chi connectivity index (χ0n) is 16.9. The Bertz CT molecular complexity index is 1130. The van der Waals surface area contributed by atoms with Crippen LogP contribution in [0.25, 0.3) is 10.8 Å². The number of aromatic nitrogens is 2. The van der Waals surface area contributed by atoms with E-state index in [4.69, 9.17) is 4.74 Å². The normalized spacial score (nSPS) is 10.9. The summed E-state index contributed by atoms with van der Waals surface area (Å²) < 4.78 is 6.52. The number of fused-ring (bicyclic) bond motifs is 1. The van der Waals surface area contributed by atoms with Crippen molar-refractivity contribution in [3.05, 3.63) is 75.2 Å². The van der Waals surface area contributed by atoms with Gasteiger partial charge in [0.25, 0.3) is 5.56 Å². The predicted octanol–water partition coefficient (Wildman–Crippen LogP) is 3.58. The number of benzene rings is 2. The number of hydrogen-bond donors (Lipinski definition) is 0. The number of ether oxygens (including phenoxy) is 1. The predicted molar refractivity (Wildman–Crippen MR) is 111 cm³/mol. The van der Waals surface area contributed by atoms with Gasteiger partial charge >= 0.3 is 5.97 Å². The Kier molecular flexibility index (Phi) is 6.22. The molecule has 6 heteroatoms. The molecule has 0 atom stereocenters. The minimum atomic E-state index is -0.721. The van der Waals surface area contributed by atoms with Gasteiger partial charge in [0.05, 0.1) is 5.39 Å². The van der Waals surface area contributed by atoms with Gasteiger partial charge in [0.2, 0.25) is 5.78 Å². The Hall–Kier alpha value is -3.28. The second-order valence-electron chi connectivity index (χ2n) is 6.71. The van der Waals surface area contributed by atoms with Gasteiger partial charge < -0.3 is 4.74 Å². The largest absolute Gasteiger partial charge is 0.452 e. The van der Waals surface area contributed by atoms with Crippen molar-refractivity contribution >= 4 is 22.5 Å².